The van der Waals surface area contributed by atoms with Gasteiger partial charge in [-0.25, -0.2) is 0 Å². The first-order valence-electron chi connectivity index (χ1n) is 4.47. The van der Waals surface area contributed by atoms with Crippen LogP contribution >= 0.6 is 0 Å². The number of rotatable bonds is 0. The third-order valence-electron chi connectivity index (χ3n) is 2.75. The van der Waals surface area contributed by atoms with Crippen LogP contribution in [-0.4, -0.2) is 0 Å². The molecule has 0 spiro atoms. The van der Waals surface area contributed by atoms with E-state index in [1.807, 2.05) is 0 Å². The molecule has 0 aliphatic heterocycles. The summed E-state index contributed by atoms with van der Waals surface area (Å²) in [5, 5.41) is 0. The molecule has 2 atom stereocenters. The van der Waals surface area contributed by atoms with Crippen molar-refractivity contribution in [1.29, 1.82) is 0 Å². The van der Waals surface area contributed by atoms with Crippen LogP contribution in [0.5, 0.6) is 0 Å². The van der Waals surface area contributed by atoms with Gasteiger partial charge in [0.05, 0.1) is 0 Å². The van der Waals surface area contributed by atoms with Crippen LogP contribution in [0.2, 0.25) is 0 Å². The van der Waals surface area contributed by atoms with Crippen molar-refractivity contribution >= 4 is 0 Å². The second-order valence-corrected chi connectivity index (χ2v) is 3.55. The summed E-state index contributed by atoms with van der Waals surface area (Å²) in [6.45, 7) is 0. The molecule has 0 N–H and O–H groups in total. The van der Waals surface area contributed by atoms with Gasteiger partial charge >= 0.3 is 0 Å². The molecule has 0 heteroatoms. The van der Waals surface area contributed by atoms with Gasteiger partial charge in [-0.05, 0) is 43.9 Å². The zero-order chi connectivity index (χ0) is 6.81. The normalized spacial score (nSPS) is 39.2. The Morgan fingerprint density at radius 3 is 2.80 bits per heavy atom. The van der Waals surface area contributed by atoms with Crippen LogP contribution in [0.3, 0.4) is 0 Å². The molecule has 0 aromatic rings. The van der Waals surface area contributed by atoms with Crippen molar-refractivity contribution in [2.24, 2.45) is 11.8 Å². The summed E-state index contributed by atoms with van der Waals surface area (Å²) in [4.78, 5) is 0. The van der Waals surface area contributed by atoms with Crippen molar-refractivity contribution in [2.45, 2.75) is 32.1 Å². The average molecular weight is 135 g/mol. The predicted octanol–water partition coefficient (Wildman–Crippen LogP) is 2.96. The maximum atomic E-state index is 2.49. The molecule has 2 bridgehead atoms. The zero-order valence-electron chi connectivity index (χ0n) is 6.42. The molecule has 3 aliphatic carbocycles. The van der Waals surface area contributed by atoms with Crippen LogP contribution in [0, 0.1) is 18.3 Å². The molecule has 1 fully saturated rings. The molecule has 0 heterocycles. The SMILES string of the molecule is [CH]1CCCC2C=CC1CC2. The van der Waals surface area contributed by atoms with Crippen molar-refractivity contribution in [3.05, 3.63) is 18.6 Å². The maximum absolute atomic E-state index is 2.49. The lowest BCUT2D eigenvalue weighted by Gasteiger charge is -2.25. The molecule has 2 unspecified atom stereocenters. The Balaban J connectivity index is 2.07. The van der Waals surface area contributed by atoms with Gasteiger partial charge in [-0.1, -0.05) is 18.6 Å². The second-order valence-electron chi connectivity index (χ2n) is 3.55. The molecule has 0 aromatic carbocycles. The first kappa shape index (κ1) is 6.45. The van der Waals surface area contributed by atoms with Crippen LogP contribution < -0.4 is 0 Å². The van der Waals surface area contributed by atoms with E-state index < -0.39 is 0 Å². The molecule has 1 radical (unpaired) electrons. The van der Waals surface area contributed by atoms with Gasteiger partial charge in [0, 0.05) is 0 Å². The van der Waals surface area contributed by atoms with Gasteiger partial charge in [-0.15, -0.1) is 0 Å². The van der Waals surface area contributed by atoms with E-state index in [9.17, 15) is 0 Å². The minimum atomic E-state index is 0.830. The highest BCUT2D eigenvalue weighted by molar-refractivity contribution is 5.04. The molecule has 3 rings (SSSR count). The van der Waals surface area contributed by atoms with Gasteiger partial charge in [0.15, 0.2) is 0 Å². The van der Waals surface area contributed by atoms with Crippen molar-refractivity contribution in [2.75, 3.05) is 0 Å². The molecular formula is C10H15. The van der Waals surface area contributed by atoms with Crippen molar-refractivity contribution in [3.8, 4) is 0 Å². The van der Waals surface area contributed by atoms with Crippen LogP contribution in [0.1, 0.15) is 32.1 Å². The average Bonchev–Trinajstić information content (AvgIpc) is 1.89. The molecule has 1 saturated carbocycles. The molecule has 3 aliphatic rings. The minimum Gasteiger partial charge on any atom is -0.0851 e. The van der Waals surface area contributed by atoms with E-state index in [0.29, 0.717) is 0 Å². The summed E-state index contributed by atoms with van der Waals surface area (Å²) in [6.07, 6.45) is 14.4. The Bertz CT molecular complexity index is 119. The number of hydrogen-bond acceptors (Lipinski definition) is 0. The maximum Gasteiger partial charge on any atom is -0.0202 e. The summed E-state index contributed by atoms with van der Waals surface area (Å²) < 4.78 is 0. The Kier molecular flexibility index (Phi) is 1.79. The lowest BCUT2D eigenvalue weighted by atomic mass is 9.80. The number of allylic oxidation sites excluding steroid dienone is 2. The third-order valence-corrected chi connectivity index (χ3v) is 2.75. The van der Waals surface area contributed by atoms with Crippen LogP contribution in [0.25, 0.3) is 0 Å². The molecule has 0 amide bonds. The van der Waals surface area contributed by atoms with Gasteiger partial charge < -0.3 is 0 Å². The van der Waals surface area contributed by atoms with Gasteiger partial charge in [0.1, 0.15) is 0 Å². The highest BCUT2D eigenvalue weighted by Crippen LogP contribution is 2.31. The smallest absolute Gasteiger partial charge is 0.0202 e. The summed E-state index contributed by atoms with van der Waals surface area (Å²) in [5.41, 5.74) is 0. The first-order chi connectivity index (χ1) is 4.95. The van der Waals surface area contributed by atoms with Gasteiger partial charge in [-0.3, -0.25) is 0 Å². The van der Waals surface area contributed by atoms with E-state index in [0.717, 1.165) is 11.8 Å². The standard InChI is InChI=1S/C10H15/c1-2-4-10-7-5-9(3-1)6-8-10/h3,5,7,9-10H,1-2,4,6,8H2. The van der Waals surface area contributed by atoms with Crippen LogP contribution in [-0.2, 0) is 0 Å². The summed E-state index contributed by atoms with van der Waals surface area (Å²) >= 11 is 0. The molecule has 55 valence electrons. The largest absolute Gasteiger partial charge is 0.0851 e. The van der Waals surface area contributed by atoms with E-state index in [-0.39, 0.29) is 0 Å². The first-order valence-corrected chi connectivity index (χ1v) is 4.47. The number of fused-ring (bicyclic) bond motifs is 4. The van der Waals surface area contributed by atoms with Crippen molar-refractivity contribution in [1.82, 2.24) is 0 Å². The Morgan fingerprint density at radius 1 is 1.00 bits per heavy atom. The fraction of sp³-hybridized carbons (Fsp3) is 0.700. The van der Waals surface area contributed by atoms with Gasteiger partial charge in [0.2, 0.25) is 0 Å². The molecule has 0 aromatic heterocycles. The summed E-state index contributed by atoms with van der Waals surface area (Å²) in [6, 6.07) is 0. The monoisotopic (exact) mass is 135 g/mol. The van der Waals surface area contributed by atoms with Crippen LogP contribution in [0.4, 0.5) is 0 Å². The second kappa shape index (κ2) is 2.77. The van der Waals surface area contributed by atoms with Crippen LogP contribution in [0.15, 0.2) is 12.2 Å². The lowest BCUT2D eigenvalue weighted by molar-refractivity contribution is 0.412. The fourth-order valence-electron chi connectivity index (χ4n) is 2.05. The van der Waals surface area contributed by atoms with Gasteiger partial charge in [-0.2, -0.15) is 0 Å². The van der Waals surface area contributed by atoms with E-state index in [4.69, 9.17) is 0 Å². The Hall–Kier alpha value is -0.260. The zero-order valence-corrected chi connectivity index (χ0v) is 6.42. The highest BCUT2D eigenvalue weighted by Gasteiger charge is 2.17. The Morgan fingerprint density at radius 2 is 2.00 bits per heavy atom. The molecule has 0 saturated heterocycles. The fourth-order valence-corrected chi connectivity index (χ4v) is 2.05. The van der Waals surface area contributed by atoms with E-state index in [2.05, 4.69) is 18.6 Å². The number of hydrogen-bond donors (Lipinski definition) is 0. The van der Waals surface area contributed by atoms with E-state index >= 15 is 0 Å². The summed E-state index contributed by atoms with van der Waals surface area (Å²) in [5.74, 6) is 1.77. The topological polar surface area (TPSA) is 0 Å². The van der Waals surface area contributed by atoms with Gasteiger partial charge in [0.25, 0.3) is 0 Å². The molecular weight excluding hydrogens is 120 g/mol. The quantitative estimate of drug-likeness (QED) is 0.448. The molecule has 10 heavy (non-hydrogen) atoms. The minimum absolute atomic E-state index is 0.830. The molecule has 0 nitrogen and oxygen atoms in total. The van der Waals surface area contributed by atoms with Crippen molar-refractivity contribution < 1.29 is 0 Å². The van der Waals surface area contributed by atoms with Crippen molar-refractivity contribution in [3.63, 3.8) is 0 Å². The predicted molar refractivity (Wildman–Crippen MR) is 43.5 cm³/mol. The third kappa shape index (κ3) is 1.25. The summed E-state index contributed by atoms with van der Waals surface area (Å²) in [7, 11) is 0. The highest BCUT2D eigenvalue weighted by atomic mass is 14.2. The van der Waals surface area contributed by atoms with E-state index in [1.165, 1.54) is 32.1 Å². The lowest BCUT2D eigenvalue weighted by Crippen LogP contribution is -2.12. The Labute approximate surface area is 63.3 Å². The van der Waals surface area contributed by atoms with E-state index in [1.54, 1.807) is 0 Å².